The standard InChI is InChI=1S/C24H35NO22S2/c1-9(26)25-17-20(41-11(3)28)18(15(7-38-48(32,33)34)45-23(17)44-14(6)31)47-24-22(43-13(5)30)21(42-12(4)29)19(40-10(2)27)16(46-24)8-39-49(35,36)37/h15-24H,7-8H2,1-6H3,(H,25,26)(H,32,33,34)(H,35,36,37)/t15-,16-,17-,18-,19+,20-,21+,22?,23+,24+/m1/s1. The zero-order valence-corrected chi connectivity index (χ0v) is 28.2. The number of nitrogens with one attached hydrogen (secondary N) is 1. The lowest BCUT2D eigenvalue weighted by Crippen LogP contribution is -2.69. The Hall–Kier alpha value is -3.56. The summed E-state index contributed by atoms with van der Waals surface area (Å²) in [5.74, 6) is -6.05. The van der Waals surface area contributed by atoms with Crippen LogP contribution >= 0.6 is 0 Å². The molecule has 49 heavy (non-hydrogen) atoms. The summed E-state index contributed by atoms with van der Waals surface area (Å²) in [5.41, 5.74) is 0. The monoisotopic (exact) mass is 753 g/mol. The Morgan fingerprint density at radius 3 is 1.37 bits per heavy atom. The van der Waals surface area contributed by atoms with Gasteiger partial charge in [-0.2, -0.15) is 16.8 Å². The Kier molecular flexibility index (Phi) is 14.8. The first-order valence-electron chi connectivity index (χ1n) is 13.8. The molecule has 1 amide bonds. The molecule has 25 heteroatoms. The molecule has 0 spiro atoms. The van der Waals surface area contributed by atoms with Gasteiger partial charge in [0.05, 0.1) is 13.2 Å². The highest BCUT2D eigenvalue weighted by Gasteiger charge is 2.57. The molecule has 2 fully saturated rings. The summed E-state index contributed by atoms with van der Waals surface area (Å²) in [4.78, 5) is 72.8. The van der Waals surface area contributed by atoms with E-state index in [9.17, 15) is 54.7 Å². The number of esters is 5. The SMILES string of the molecule is CC(=O)N[C@H]1[C@@H](OC(C)=O)O[C@H](COS(=O)(=O)O)[C@@H](O[C@@H]2O[C@H](COS(=O)(=O)O)[C@H](OC(C)=O)[C@H](OC(C)=O)C2OC(C)=O)[C@@H]1OC(C)=O. The second kappa shape index (κ2) is 17.4. The third kappa shape index (κ3) is 13.7. The van der Waals surface area contributed by atoms with E-state index < -0.39 is 131 Å². The molecule has 0 aliphatic carbocycles. The lowest BCUT2D eigenvalue weighted by Gasteiger charge is -2.48. The number of rotatable bonds is 14. The molecule has 2 saturated heterocycles. The van der Waals surface area contributed by atoms with E-state index in [2.05, 4.69) is 13.7 Å². The highest BCUT2D eigenvalue weighted by atomic mass is 32.3. The van der Waals surface area contributed by atoms with Crippen molar-refractivity contribution in [2.45, 2.75) is 103 Å². The van der Waals surface area contributed by atoms with E-state index in [0.717, 1.165) is 41.5 Å². The van der Waals surface area contributed by atoms with Crippen LogP contribution in [0.15, 0.2) is 0 Å². The summed E-state index contributed by atoms with van der Waals surface area (Å²) in [5, 5.41) is 2.33. The predicted octanol–water partition coefficient (Wildman–Crippen LogP) is -2.75. The molecule has 1 unspecified atom stereocenters. The number of ether oxygens (including phenoxy) is 8. The minimum absolute atomic E-state index is 0.803. The first kappa shape index (κ1) is 41.6. The highest BCUT2D eigenvalue weighted by Crippen LogP contribution is 2.35. The summed E-state index contributed by atoms with van der Waals surface area (Å²) in [6, 6.07) is -1.63. The molecule has 2 rings (SSSR count). The van der Waals surface area contributed by atoms with Gasteiger partial charge in [0.2, 0.25) is 12.2 Å². The number of hydrogen-bond donors (Lipinski definition) is 3. The molecule has 0 aromatic carbocycles. The van der Waals surface area contributed by atoms with E-state index in [1.54, 1.807) is 0 Å². The average Bonchev–Trinajstić information content (AvgIpc) is 2.90. The first-order chi connectivity index (χ1) is 22.5. The molecule has 2 aliphatic heterocycles. The van der Waals surface area contributed by atoms with E-state index >= 15 is 0 Å². The smallest absolute Gasteiger partial charge is 0.397 e. The molecule has 23 nitrogen and oxygen atoms in total. The molecule has 10 atom stereocenters. The fourth-order valence-electron chi connectivity index (χ4n) is 4.75. The van der Waals surface area contributed by atoms with Crippen molar-refractivity contribution in [3.63, 3.8) is 0 Å². The lowest BCUT2D eigenvalue weighted by atomic mass is 9.94. The number of carbonyl (C=O) groups excluding carboxylic acids is 6. The van der Waals surface area contributed by atoms with Gasteiger partial charge in [-0.05, 0) is 0 Å². The molecule has 2 aliphatic rings. The van der Waals surface area contributed by atoms with Crippen molar-refractivity contribution in [3.05, 3.63) is 0 Å². The summed E-state index contributed by atoms with van der Waals surface area (Å²) in [6.45, 7) is 3.21. The van der Waals surface area contributed by atoms with Gasteiger partial charge in [-0.3, -0.25) is 37.9 Å². The fraction of sp³-hybridized carbons (Fsp3) is 0.750. The molecule has 2 heterocycles. The molecule has 0 bridgehead atoms. The number of carbonyl (C=O) groups is 6. The van der Waals surface area contributed by atoms with Gasteiger partial charge in [0, 0.05) is 41.5 Å². The van der Waals surface area contributed by atoms with Crippen LogP contribution in [-0.2, 0) is 95.8 Å². The van der Waals surface area contributed by atoms with Crippen LogP contribution in [0.1, 0.15) is 41.5 Å². The number of amides is 1. The van der Waals surface area contributed by atoms with Crippen molar-refractivity contribution < 1.29 is 101 Å². The zero-order valence-electron chi connectivity index (χ0n) is 26.6. The van der Waals surface area contributed by atoms with Crippen LogP contribution in [0.4, 0.5) is 0 Å². The van der Waals surface area contributed by atoms with E-state index in [1.165, 1.54) is 0 Å². The Labute approximate surface area is 278 Å². The largest absolute Gasteiger partial charge is 0.457 e. The highest BCUT2D eigenvalue weighted by molar-refractivity contribution is 7.81. The van der Waals surface area contributed by atoms with Gasteiger partial charge in [0.25, 0.3) is 0 Å². The minimum atomic E-state index is -5.22. The topological polar surface area (TPSA) is 315 Å². The van der Waals surface area contributed by atoms with Crippen LogP contribution < -0.4 is 5.32 Å². The van der Waals surface area contributed by atoms with Gasteiger partial charge in [0.15, 0.2) is 30.7 Å². The molecule has 0 radical (unpaired) electrons. The third-order valence-corrected chi connectivity index (χ3v) is 7.02. The second-order valence-corrected chi connectivity index (χ2v) is 12.4. The quantitative estimate of drug-likeness (QED) is 0.0920. The van der Waals surface area contributed by atoms with Crippen LogP contribution in [0.2, 0.25) is 0 Å². The van der Waals surface area contributed by atoms with Crippen LogP contribution in [0.3, 0.4) is 0 Å². The Morgan fingerprint density at radius 1 is 0.551 bits per heavy atom. The van der Waals surface area contributed by atoms with Crippen molar-refractivity contribution >= 4 is 56.6 Å². The molecule has 0 aromatic rings. The first-order valence-corrected chi connectivity index (χ1v) is 16.5. The van der Waals surface area contributed by atoms with Crippen LogP contribution in [0.25, 0.3) is 0 Å². The van der Waals surface area contributed by atoms with E-state index in [4.69, 9.17) is 37.9 Å². The summed E-state index contributed by atoms with van der Waals surface area (Å²) < 4.78 is 117. The van der Waals surface area contributed by atoms with E-state index in [1.807, 2.05) is 0 Å². The lowest BCUT2D eigenvalue weighted by molar-refractivity contribution is -0.346. The maximum Gasteiger partial charge on any atom is 0.397 e. The van der Waals surface area contributed by atoms with Crippen molar-refractivity contribution in [2.75, 3.05) is 13.2 Å². The summed E-state index contributed by atoms with van der Waals surface area (Å²) >= 11 is 0. The van der Waals surface area contributed by atoms with Crippen LogP contribution in [-0.4, -0.2) is 136 Å². The van der Waals surface area contributed by atoms with E-state index in [-0.39, 0.29) is 0 Å². The van der Waals surface area contributed by atoms with Crippen molar-refractivity contribution in [2.24, 2.45) is 0 Å². The van der Waals surface area contributed by atoms with Gasteiger partial charge >= 0.3 is 50.6 Å². The predicted molar refractivity (Wildman–Crippen MR) is 149 cm³/mol. The third-order valence-electron chi connectivity index (χ3n) is 6.15. The Bertz CT molecular complexity index is 1460. The summed E-state index contributed by atoms with van der Waals surface area (Å²) in [6.07, 6.45) is -17.1. The Balaban J connectivity index is 2.79. The van der Waals surface area contributed by atoms with Gasteiger partial charge in [-0.1, -0.05) is 0 Å². The minimum Gasteiger partial charge on any atom is -0.457 e. The molecule has 3 N–H and O–H groups in total. The maximum absolute atomic E-state index is 12.3. The zero-order chi connectivity index (χ0) is 37.4. The van der Waals surface area contributed by atoms with Gasteiger partial charge in [-0.15, -0.1) is 0 Å². The molecular formula is C24H35NO22S2. The molecule has 0 aromatic heterocycles. The molecule has 0 saturated carbocycles. The molecular weight excluding hydrogens is 718 g/mol. The van der Waals surface area contributed by atoms with Gasteiger partial charge in [0.1, 0.15) is 24.4 Å². The van der Waals surface area contributed by atoms with Gasteiger partial charge < -0.3 is 43.2 Å². The van der Waals surface area contributed by atoms with E-state index in [0.29, 0.717) is 0 Å². The van der Waals surface area contributed by atoms with Gasteiger partial charge in [-0.25, -0.2) is 8.37 Å². The number of hydrogen-bond acceptors (Lipinski definition) is 20. The van der Waals surface area contributed by atoms with Crippen molar-refractivity contribution in [1.82, 2.24) is 5.32 Å². The van der Waals surface area contributed by atoms with Crippen molar-refractivity contribution in [3.8, 4) is 0 Å². The second-order valence-electron chi connectivity index (χ2n) is 10.2. The van der Waals surface area contributed by atoms with Crippen LogP contribution in [0, 0.1) is 0 Å². The average molecular weight is 754 g/mol. The normalized spacial score (nSPS) is 30.3. The van der Waals surface area contributed by atoms with Crippen molar-refractivity contribution in [1.29, 1.82) is 0 Å². The summed E-state index contributed by atoms with van der Waals surface area (Å²) in [7, 11) is -10.4. The fourth-order valence-corrected chi connectivity index (χ4v) is 5.36. The van der Waals surface area contributed by atoms with Crippen LogP contribution in [0.5, 0.6) is 0 Å². The Morgan fingerprint density at radius 2 is 0.939 bits per heavy atom. The maximum atomic E-state index is 12.3. The molecule has 280 valence electrons.